The Hall–Kier alpha value is -0.830. The van der Waals surface area contributed by atoms with Crippen LogP contribution in [0.4, 0.5) is 0 Å². The van der Waals surface area contributed by atoms with Crippen LogP contribution in [0.15, 0.2) is 12.7 Å². The van der Waals surface area contributed by atoms with Gasteiger partial charge in [0, 0.05) is 19.1 Å². The fourth-order valence-electron chi connectivity index (χ4n) is 1.97. The van der Waals surface area contributed by atoms with E-state index in [9.17, 15) is 4.79 Å². The summed E-state index contributed by atoms with van der Waals surface area (Å²) < 4.78 is 0. The van der Waals surface area contributed by atoms with Gasteiger partial charge in [0.25, 0.3) is 0 Å². The van der Waals surface area contributed by atoms with Crippen LogP contribution in [-0.4, -0.2) is 37.0 Å². The molecule has 0 aliphatic carbocycles. The zero-order valence-corrected chi connectivity index (χ0v) is 8.42. The van der Waals surface area contributed by atoms with Gasteiger partial charge in [-0.1, -0.05) is 13.5 Å². The molecule has 0 aromatic rings. The third kappa shape index (κ3) is 2.31. The van der Waals surface area contributed by atoms with Crippen molar-refractivity contribution < 1.29 is 4.79 Å². The maximum absolute atomic E-state index is 11.4. The molecule has 3 heteroatoms. The average molecular weight is 182 g/mol. The fraction of sp³-hybridized carbons (Fsp3) is 0.700. The largest absolute Gasteiger partial charge is 0.335 e. The maximum Gasteiger partial charge on any atom is 0.246 e. The van der Waals surface area contributed by atoms with Crippen LogP contribution in [0, 0.1) is 5.92 Å². The molecule has 1 rings (SSSR count). The lowest BCUT2D eigenvalue weighted by molar-refractivity contribution is -0.126. The third-order valence-corrected chi connectivity index (χ3v) is 2.52. The quantitative estimate of drug-likeness (QED) is 0.649. The highest BCUT2D eigenvalue weighted by molar-refractivity contribution is 5.87. The molecule has 2 atom stereocenters. The number of carbonyl (C=O) groups is 1. The second-order valence-corrected chi connectivity index (χ2v) is 3.75. The maximum atomic E-state index is 11.4. The van der Waals surface area contributed by atoms with Crippen molar-refractivity contribution in [2.24, 2.45) is 5.92 Å². The molecule has 0 radical (unpaired) electrons. The molecular formula is C10H18N2O. The lowest BCUT2D eigenvalue weighted by atomic mass is 10.1. The molecular weight excluding hydrogens is 164 g/mol. The highest BCUT2D eigenvalue weighted by atomic mass is 16.2. The van der Waals surface area contributed by atoms with E-state index in [1.54, 1.807) is 0 Å². The van der Waals surface area contributed by atoms with Crippen molar-refractivity contribution in [3.63, 3.8) is 0 Å². The van der Waals surface area contributed by atoms with Crippen molar-refractivity contribution in [3.8, 4) is 0 Å². The monoisotopic (exact) mass is 182 g/mol. The summed E-state index contributed by atoms with van der Waals surface area (Å²) in [5, 5.41) is 3.11. The molecule has 1 N–H and O–H groups in total. The van der Waals surface area contributed by atoms with Crippen LogP contribution in [0.3, 0.4) is 0 Å². The van der Waals surface area contributed by atoms with Crippen molar-refractivity contribution in [2.75, 3.05) is 20.1 Å². The highest BCUT2D eigenvalue weighted by Crippen LogP contribution is 2.22. The molecule has 74 valence electrons. The Bertz CT molecular complexity index is 203. The second-order valence-electron chi connectivity index (χ2n) is 3.75. The van der Waals surface area contributed by atoms with Crippen LogP contribution in [0.1, 0.15) is 13.3 Å². The van der Waals surface area contributed by atoms with Crippen molar-refractivity contribution in [1.29, 1.82) is 0 Å². The predicted molar refractivity (Wildman–Crippen MR) is 53.4 cm³/mol. The van der Waals surface area contributed by atoms with Gasteiger partial charge in [0.05, 0.1) is 0 Å². The van der Waals surface area contributed by atoms with Crippen LogP contribution in [0.5, 0.6) is 0 Å². The van der Waals surface area contributed by atoms with Crippen LogP contribution in [0.25, 0.3) is 0 Å². The molecule has 0 aromatic heterocycles. The first kappa shape index (κ1) is 10.3. The first-order valence-corrected chi connectivity index (χ1v) is 4.76. The van der Waals surface area contributed by atoms with Crippen molar-refractivity contribution in [3.05, 3.63) is 12.7 Å². The first-order valence-electron chi connectivity index (χ1n) is 4.76. The molecule has 1 fully saturated rings. The van der Waals surface area contributed by atoms with Gasteiger partial charge in [-0.15, -0.1) is 0 Å². The minimum atomic E-state index is 0.0598. The van der Waals surface area contributed by atoms with Crippen LogP contribution >= 0.6 is 0 Å². The molecule has 0 spiro atoms. The Labute approximate surface area is 79.8 Å². The Kier molecular flexibility index (Phi) is 3.48. The molecule has 0 bridgehead atoms. The van der Waals surface area contributed by atoms with Crippen LogP contribution < -0.4 is 5.32 Å². The Morgan fingerprint density at radius 3 is 3.00 bits per heavy atom. The molecule has 1 aliphatic heterocycles. The van der Waals surface area contributed by atoms with Crippen LogP contribution in [0.2, 0.25) is 0 Å². The van der Waals surface area contributed by atoms with Crippen LogP contribution in [-0.2, 0) is 4.79 Å². The SMILES string of the molecule is C=CC(=O)N1CC(C)CC1CNC. The van der Waals surface area contributed by atoms with Crippen molar-refractivity contribution in [2.45, 2.75) is 19.4 Å². The highest BCUT2D eigenvalue weighted by Gasteiger charge is 2.30. The zero-order valence-electron chi connectivity index (χ0n) is 8.42. The third-order valence-electron chi connectivity index (χ3n) is 2.52. The van der Waals surface area contributed by atoms with Gasteiger partial charge in [0.15, 0.2) is 0 Å². The van der Waals surface area contributed by atoms with E-state index < -0.39 is 0 Å². The summed E-state index contributed by atoms with van der Waals surface area (Å²) in [5.41, 5.74) is 0. The van der Waals surface area contributed by atoms with E-state index in [0.29, 0.717) is 12.0 Å². The Balaban J connectivity index is 2.59. The zero-order chi connectivity index (χ0) is 9.84. The van der Waals surface area contributed by atoms with Crippen molar-refractivity contribution in [1.82, 2.24) is 10.2 Å². The van der Waals surface area contributed by atoms with E-state index >= 15 is 0 Å². The topological polar surface area (TPSA) is 32.3 Å². The number of nitrogens with zero attached hydrogens (tertiary/aromatic N) is 1. The minimum absolute atomic E-state index is 0.0598. The Morgan fingerprint density at radius 1 is 1.77 bits per heavy atom. The number of nitrogens with one attached hydrogen (secondary N) is 1. The summed E-state index contributed by atoms with van der Waals surface area (Å²) in [7, 11) is 1.92. The average Bonchev–Trinajstić information content (AvgIpc) is 2.46. The molecule has 2 unspecified atom stereocenters. The van der Waals surface area contributed by atoms with Gasteiger partial charge in [0.2, 0.25) is 5.91 Å². The van der Waals surface area contributed by atoms with E-state index in [1.807, 2.05) is 11.9 Å². The fourth-order valence-corrected chi connectivity index (χ4v) is 1.97. The summed E-state index contributed by atoms with van der Waals surface area (Å²) in [5.74, 6) is 0.673. The number of likely N-dealkylation sites (N-methyl/N-ethyl adjacent to an activating group) is 1. The smallest absolute Gasteiger partial charge is 0.246 e. The molecule has 1 heterocycles. The molecule has 1 amide bonds. The standard InChI is InChI=1S/C10H18N2O/c1-4-10(13)12-7-8(2)5-9(12)6-11-3/h4,8-9,11H,1,5-7H2,2-3H3. The molecule has 1 saturated heterocycles. The molecule has 3 nitrogen and oxygen atoms in total. The van der Waals surface area contributed by atoms with Gasteiger partial charge in [-0.2, -0.15) is 0 Å². The summed E-state index contributed by atoms with van der Waals surface area (Å²) >= 11 is 0. The molecule has 1 aliphatic rings. The molecule has 0 aromatic carbocycles. The Morgan fingerprint density at radius 2 is 2.46 bits per heavy atom. The van der Waals surface area contributed by atoms with Gasteiger partial charge in [-0.25, -0.2) is 0 Å². The summed E-state index contributed by atoms with van der Waals surface area (Å²) in [6.45, 7) is 7.44. The second kappa shape index (κ2) is 4.42. The molecule has 13 heavy (non-hydrogen) atoms. The predicted octanol–water partition coefficient (Wildman–Crippen LogP) is 0.629. The minimum Gasteiger partial charge on any atom is -0.335 e. The van der Waals surface area contributed by atoms with Crippen molar-refractivity contribution >= 4 is 5.91 Å². The lowest BCUT2D eigenvalue weighted by Crippen LogP contribution is -2.39. The van der Waals surface area contributed by atoms with E-state index in [1.165, 1.54) is 6.08 Å². The summed E-state index contributed by atoms with van der Waals surface area (Å²) in [4.78, 5) is 13.3. The number of hydrogen-bond acceptors (Lipinski definition) is 2. The van der Waals surface area contributed by atoms with Gasteiger partial charge in [-0.05, 0) is 25.5 Å². The number of carbonyl (C=O) groups excluding carboxylic acids is 1. The van der Waals surface area contributed by atoms with E-state index in [-0.39, 0.29) is 5.91 Å². The summed E-state index contributed by atoms with van der Waals surface area (Å²) in [6, 6.07) is 0.352. The normalized spacial score (nSPS) is 27.7. The molecule has 0 saturated carbocycles. The van der Waals surface area contributed by atoms with Gasteiger partial charge in [0.1, 0.15) is 0 Å². The van der Waals surface area contributed by atoms with Gasteiger partial charge < -0.3 is 10.2 Å². The number of rotatable bonds is 3. The first-order chi connectivity index (χ1) is 6.19. The number of hydrogen-bond donors (Lipinski definition) is 1. The van der Waals surface area contributed by atoms with E-state index in [2.05, 4.69) is 18.8 Å². The summed E-state index contributed by atoms with van der Waals surface area (Å²) in [6.07, 6.45) is 2.50. The van der Waals surface area contributed by atoms with Gasteiger partial charge >= 0.3 is 0 Å². The van der Waals surface area contributed by atoms with E-state index in [0.717, 1.165) is 19.5 Å². The number of amides is 1. The van der Waals surface area contributed by atoms with Gasteiger partial charge in [-0.3, -0.25) is 4.79 Å². The number of likely N-dealkylation sites (tertiary alicyclic amines) is 1. The lowest BCUT2D eigenvalue weighted by Gasteiger charge is -2.22. The van der Waals surface area contributed by atoms with E-state index in [4.69, 9.17) is 0 Å².